The normalized spacial score (nSPS) is 17.2. The molecule has 1 aliphatic heterocycles. The first-order chi connectivity index (χ1) is 13.8. The van der Waals surface area contributed by atoms with E-state index in [1.54, 1.807) is 12.1 Å². The highest BCUT2D eigenvalue weighted by Gasteiger charge is 2.33. The quantitative estimate of drug-likeness (QED) is 0.697. The highest BCUT2D eigenvalue weighted by atomic mass is 32.2. The van der Waals surface area contributed by atoms with Gasteiger partial charge in [-0.1, -0.05) is 12.1 Å². The number of piperidine rings is 1. The maximum atomic E-state index is 13.0. The largest absolute Gasteiger partial charge is 0.480 e. The van der Waals surface area contributed by atoms with E-state index in [-0.39, 0.29) is 18.0 Å². The highest BCUT2D eigenvalue weighted by Crippen LogP contribution is 2.25. The molecule has 29 heavy (non-hydrogen) atoms. The number of hydrogen-bond donors (Lipinski definition) is 0. The molecule has 0 bridgehead atoms. The van der Waals surface area contributed by atoms with Gasteiger partial charge in [0.2, 0.25) is 21.6 Å². The Morgan fingerprint density at radius 3 is 2.52 bits per heavy atom. The number of aromatic nitrogens is 2. The van der Waals surface area contributed by atoms with Crippen LogP contribution in [0.25, 0.3) is 0 Å². The van der Waals surface area contributed by atoms with Gasteiger partial charge in [-0.05, 0) is 25.0 Å². The summed E-state index contributed by atoms with van der Waals surface area (Å²) in [5.74, 6) is -3.66. The number of rotatable bonds is 6. The molecule has 8 nitrogen and oxygen atoms in total. The summed E-state index contributed by atoms with van der Waals surface area (Å²) >= 11 is 0. The Hall–Kier alpha value is -2.82. The lowest BCUT2D eigenvalue weighted by atomic mass is 10.1. The number of hydrogen-bond acceptors (Lipinski definition) is 7. The van der Waals surface area contributed by atoms with Crippen LogP contribution in [0.1, 0.15) is 23.2 Å². The van der Waals surface area contributed by atoms with Crippen LogP contribution in [0.4, 0.5) is 8.78 Å². The van der Waals surface area contributed by atoms with Crippen molar-refractivity contribution in [3.63, 3.8) is 0 Å². The standard InChI is InChI=1S/C18H19F2N3O5S/c1-27-15-8-9-16(22-21-15)28-12-5-4-10-23(11-12)17(24)13-6-2-3-7-14(13)29(25,26)18(19)20/h2-3,6-9,12,18H,4-5,10-11H2,1H3. The summed E-state index contributed by atoms with van der Waals surface area (Å²) in [6.07, 6.45) is 0.854. The van der Waals surface area contributed by atoms with Gasteiger partial charge in [-0.15, -0.1) is 10.2 Å². The summed E-state index contributed by atoms with van der Waals surface area (Å²) in [7, 11) is -3.44. The third-order valence-electron chi connectivity index (χ3n) is 4.44. The molecule has 0 radical (unpaired) electrons. The van der Waals surface area contributed by atoms with Gasteiger partial charge in [0.15, 0.2) is 0 Å². The van der Waals surface area contributed by atoms with E-state index in [9.17, 15) is 22.0 Å². The number of amides is 1. The van der Waals surface area contributed by atoms with Gasteiger partial charge in [0.25, 0.3) is 5.91 Å². The van der Waals surface area contributed by atoms with Crippen LogP contribution >= 0.6 is 0 Å². The number of methoxy groups -OCH3 is 1. The molecule has 1 fully saturated rings. The molecule has 1 aromatic carbocycles. The first-order valence-electron chi connectivity index (χ1n) is 8.77. The van der Waals surface area contributed by atoms with Crippen molar-refractivity contribution in [2.75, 3.05) is 20.2 Å². The molecule has 2 aromatic rings. The van der Waals surface area contributed by atoms with Gasteiger partial charge in [0.1, 0.15) is 6.10 Å². The number of alkyl halides is 2. The van der Waals surface area contributed by atoms with E-state index in [0.717, 1.165) is 6.07 Å². The van der Waals surface area contributed by atoms with Gasteiger partial charge in [-0.3, -0.25) is 4.79 Å². The Morgan fingerprint density at radius 1 is 1.17 bits per heavy atom. The van der Waals surface area contributed by atoms with E-state index in [1.165, 1.54) is 30.2 Å². The monoisotopic (exact) mass is 427 g/mol. The molecule has 1 unspecified atom stereocenters. The predicted octanol–water partition coefficient (Wildman–Crippen LogP) is 2.17. The lowest BCUT2D eigenvalue weighted by molar-refractivity contribution is 0.0521. The Bertz CT molecular complexity index is 970. The average molecular weight is 427 g/mol. The molecular weight excluding hydrogens is 408 g/mol. The van der Waals surface area contributed by atoms with Gasteiger partial charge in [-0.25, -0.2) is 8.42 Å². The van der Waals surface area contributed by atoms with E-state index in [2.05, 4.69) is 10.2 Å². The van der Waals surface area contributed by atoms with Crippen molar-refractivity contribution in [2.45, 2.75) is 29.6 Å². The maximum absolute atomic E-state index is 13.0. The van der Waals surface area contributed by atoms with Gasteiger partial charge < -0.3 is 14.4 Å². The molecule has 1 aromatic heterocycles. The second kappa shape index (κ2) is 8.68. The summed E-state index contributed by atoms with van der Waals surface area (Å²) < 4.78 is 60.5. The summed E-state index contributed by atoms with van der Waals surface area (Å²) in [4.78, 5) is 13.6. The van der Waals surface area contributed by atoms with Crippen LogP contribution in [0.3, 0.4) is 0 Å². The van der Waals surface area contributed by atoms with Crippen molar-refractivity contribution in [3.05, 3.63) is 42.0 Å². The number of nitrogens with zero attached hydrogens (tertiary/aromatic N) is 3. The molecule has 0 saturated carbocycles. The van der Waals surface area contributed by atoms with Crippen molar-refractivity contribution in [3.8, 4) is 11.8 Å². The predicted molar refractivity (Wildman–Crippen MR) is 97.8 cm³/mol. The van der Waals surface area contributed by atoms with Crippen LogP contribution in [-0.4, -0.2) is 61.5 Å². The molecule has 1 amide bonds. The summed E-state index contributed by atoms with van der Waals surface area (Å²) in [6.45, 7) is 0.519. The number of ether oxygens (including phenoxy) is 2. The van der Waals surface area contributed by atoms with E-state index >= 15 is 0 Å². The molecule has 1 saturated heterocycles. The molecule has 11 heteroatoms. The molecule has 0 N–H and O–H groups in total. The van der Waals surface area contributed by atoms with Crippen LogP contribution in [0.2, 0.25) is 0 Å². The van der Waals surface area contributed by atoms with E-state index < -0.39 is 32.5 Å². The van der Waals surface area contributed by atoms with Crippen LogP contribution in [-0.2, 0) is 9.84 Å². The number of halogens is 2. The fraction of sp³-hybridized carbons (Fsp3) is 0.389. The third kappa shape index (κ3) is 4.61. The fourth-order valence-electron chi connectivity index (χ4n) is 3.03. The fourth-order valence-corrected chi connectivity index (χ4v) is 3.95. The van der Waals surface area contributed by atoms with Gasteiger partial charge in [-0.2, -0.15) is 8.78 Å². The number of carbonyl (C=O) groups excluding carboxylic acids is 1. The third-order valence-corrected chi connectivity index (χ3v) is 5.87. The Labute approximate surface area is 166 Å². The second-order valence-electron chi connectivity index (χ2n) is 6.35. The summed E-state index contributed by atoms with van der Waals surface area (Å²) in [5, 5.41) is 7.68. The minimum Gasteiger partial charge on any atom is -0.480 e. The molecule has 156 valence electrons. The number of likely N-dealkylation sites (tertiary alicyclic amines) is 1. The Balaban J connectivity index is 1.76. The highest BCUT2D eigenvalue weighted by molar-refractivity contribution is 7.91. The molecule has 2 heterocycles. The van der Waals surface area contributed by atoms with Gasteiger partial charge in [0, 0.05) is 18.7 Å². The molecule has 3 rings (SSSR count). The Morgan fingerprint density at radius 2 is 1.86 bits per heavy atom. The van der Waals surface area contributed by atoms with Crippen molar-refractivity contribution in [1.82, 2.24) is 15.1 Å². The van der Waals surface area contributed by atoms with Gasteiger partial charge in [0.05, 0.1) is 24.1 Å². The van der Waals surface area contributed by atoms with Crippen molar-refractivity contribution >= 4 is 15.7 Å². The van der Waals surface area contributed by atoms with Crippen LogP contribution in [0, 0.1) is 0 Å². The summed E-state index contributed by atoms with van der Waals surface area (Å²) in [6, 6.07) is 8.15. The molecule has 1 atom stereocenters. The first-order valence-corrected chi connectivity index (χ1v) is 10.3. The number of sulfone groups is 1. The van der Waals surface area contributed by atoms with Crippen LogP contribution in [0.5, 0.6) is 11.8 Å². The number of carbonyl (C=O) groups is 1. The SMILES string of the molecule is COc1ccc(OC2CCCN(C(=O)c3ccccc3S(=O)(=O)C(F)F)C2)nn1. The van der Waals surface area contributed by atoms with Crippen molar-refractivity contribution < 1.29 is 31.5 Å². The average Bonchev–Trinajstić information content (AvgIpc) is 2.74. The number of benzene rings is 1. The zero-order valence-corrected chi connectivity index (χ0v) is 16.3. The molecular formula is C18H19F2N3O5S. The van der Waals surface area contributed by atoms with Crippen molar-refractivity contribution in [1.29, 1.82) is 0 Å². The minimum absolute atomic E-state index is 0.162. The molecule has 0 aliphatic carbocycles. The van der Waals surface area contributed by atoms with Gasteiger partial charge >= 0.3 is 5.76 Å². The zero-order chi connectivity index (χ0) is 21.0. The molecule has 1 aliphatic rings. The van der Waals surface area contributed by atoms with Crippen LogP contribution in [0.15, 0.2) is 41.3 Å². The van der Waals surface area contributed by atoms with Crippen molar-refractivity contribution in [2.24, 2.45) is 0 Å². The second-order valence-corrected chi connectivity index (χ2v) is 8.24. The first kappa shape index (κ1) is 20.9. The van der Waals surface area contributed by atoms with Crippen LogP contribution < -0.4 is 9.47 Å². The van der Waals surface area contributed by atoms with E-state index in [1.807, 2.05) is 0 Å². The maximum Gasteiger partial charge on any atom is 0.341 e. The lowest BCUT2D eigenvalue weighted by Gasteiger charge is -2.33. The lowest BCUT2D eigenvalue weighted by Crippen LogP contribution is -2.44. The zero-order valence-electron chi connectivity index (χ0n) is 15.5. The topological polar surface area (TPSA) is 98.7 Å². The van der Waals surface area contributed by atoms with E-state index in [0.29, 0.717) is 25.3 Å². The van der Waals surface area contributed by atoms with E-state index in [4.69, 9.17) is 9.47 Å². The molecule has 0 spiro atoms. The smallest absolute Gasteiger partial charge is 0.341 e. The minimum atomic E-state index is -4.90. The summed E-state index contributed by atoms with van der Waals surface area (Å²) in [5.41, 5.74) is -0.280. The Kier molecular flexibility index (Phi) is 6.26.